The zero-order valence-electron chi connectivity index (χ0n) is 15.1. The number of amides is 1. The number of halogens is 3. The average molecular weight is 395 g/mol. The minimum atomic E-state index is -4.39. The van der Waals surface area contributed by atoms with E-state index in [2.05, 4.69) is 9.97 Å². The van der Waals surface area contributed by atoms with Gasteiger partial charge in [-0.3, -0.25) is 4.79 Å². The summed E-state index contributed by atoms with van der Waals surface area (Å²) in [7, 11) is 0. The first-order chi connectivity index (χ1) is 13.8. The normalized spacial score (nSPS) is 11.7. The van der Waals surface area contributed by atoms with Gasteiger partial charge in [-0.15, -0.1) is 0 Å². The van der Waals surface area contributed by atoms with Gasteiger partial charge in [0, 0.05) is 12.0 Å². The Labute approximate surface area is 164 Å². The summed E-state index contributed by atoms with van der Waals surface area (Å²) in [5.41, 5.74) is 8.53. The maximum absolute atomic E-state index is 12.9. The topological polar surface area (TPSA) is 71.8 Å². The Morgan fingerprint density at radius 1 is 1.00 bits per heavy atom. The largest absolute Gasteiger partial charge is 0.416 e. The van der Waals surface area contributed by atoms with Crippen molar-refractivity contribution in [1.82, 2.24) is 9.97 Å². The summed E-state index contributed by atoms with van der Waals surface area (Å²) in [6.07, 6.45) is -3.95. The molecule has 4 nitrogen and oxygen atoms in total. The predicted molar refractivity (Wildman–Crippen MR) is 104 cm³/mol. The van der Waals surface area contributed by atoms with Gasteiger partial charge in [0.2, 0.25) is 5.91 Å². The summed E-state index contributed by atoms with van der Waals surface area (Å²) in [4.78, 5) is 18.9. The number of H-pyrrole nitrogens is 1. The maximum atomic E-state index is 12.9. The van der Waals surface area contributed by atoms with E-state index in [1.807, 2.05) is 36.4 Å². The minimum Gasteiger partial charge on any atom is -0.366 e. The molecule has 4 rings (SSSR count). The molecule has 0 aliphatic heterocycles. The van der Waals surface area contributed by atoms with Gasteiger partial charge in [0.1, 0.15) is 5.82 Å². The second-order valence-corrected chi connectivity index (χ2v) is 6.70. The number of nitrogens with two attached hydrogens (primary N) is 1. The first-order valence-electron chi connectivity index (χ1n) is 8.85. The lowest BCUT2D eigenvalue weighted by molar-refractivity contribution is -0.137. The summed E-state index contributed by atoms with van der Waals surface area (Å²) in [6.45, 7) is 0. The number of hydrogen-bond acceptors (Lipinski definition) is 2. The molecule has 1 heterocycles. The van der Waals surface area contributed by atoms with Crippen LogP contribution >= 0.6 is 0 Å². The smallest absolute Gasteiger partial charge is 0.366 e. The van der Waals surface area contributed by atoms with Crippen LogP contribution in [0.5, 0.6) is 0 Å². The number of aromatic amines is 1. The molecule has 0 aliphatic rings. The molecule has 0 spiro atoms. The van der Waals surface area contributed by atoms with Crippen molar-refractivity contribution in [2.45, 2.75) is 12.6 Å². The SMILES string of the molecule is NC(=O)c1ccccc1-c1ccc(Cc2nc3ccc(C(F)(F)F)cc3[nH]2)cc1. The molecule has 4 aromatic rings. The molecule has 0 saturated carbocycles. The Bertz CT molecular complexity index is 1190. The highest BCUT2D eigenvalue weighted by atomic mass is 19.4. The van der Waals surface area contributed by atoms with Crippen molar-refractivity contribution in [2.75, 3.05) is 0 Å². The molecule has 29 heavy (non-hydrogen) atoms. The number of imidazole rings is 1. The summed E-state index contributed by atoms with van der Waals surface area (Å²) >= 11 is 0. The highest BCUT2D eigenvalue weighted by molar-refractivity contribution is 5.99. The lowest BCUT2D eigenvalue weighted by atomic mass is 9.98. The third-order valence-corrected chi connectivity index (χ3v) is 4.69. The third-order valence-electron chi connectivity index (χ3n) is 4.69. The van der Waals surface area contributed by atoms with Gasteiger partial charge < -0.3 is 10.7 Å². The quantitative estimate of drug-likeness (QED) is 0.514. The first-order valence-corrected chi connectivity index (χ1v) is 8.85. The number of benzene rings is 3. The van der Waals surface area contributed by atoms with Crippen molar-refractivity contribution in [3.63, 3.8) is 0 Å². The van der Waals surface area contributed by atoms with Gasteiger partial charge in [0.15, 0.2) is 0 Å². The Morgan fingerprint density at radius 3 is 2.41 bits per heavy atom. The highest BCUT2D eigenvalue weighted by Crippen LogP contribution is 2.31. The number of carbonyl (C=O) groups is 1. The van der Waals surface area contributed by atoms with Crippen LogP contribution in [0.2, 0.25) is 0 Å². The van der Waals surface area contributed by atoms with Crippen molar-refractivity contribution < 1.29 is 18.0 Å². The molecule has 1 amide bonds. The van der Waals surface area contributed by atoms with Gasteiger partial charge >= 0.3 is 6.18 Å². The molecule has 1 aromatic heterocycles. The summed E-state index contributed by atoms with van der Waals surface area (Å²) in [5.74, 6) is 0.0785. The highest BCUT2D eigenvalue weighted by Gasteiger charge is 2.30. The lowest BCUT2D eigenvalue weighted by Crippen LogP contribution is -2.12. The van der Waals surface area contributed by atoms with Gasteiger partial charge in [-0.1, -0.05) is 42.5 Å². The van der Waals surface area contributed by atoms with E-state index in [1.54, 1.807) is 12.1 Å². The Morgan fingerprint density at radius 2 is 1.72 bits per heavy atom. The minimum absolute atomic E-state index is 0.349. The Hall–Kier alpha value is -3.61. The van der Waals surface area contributed by atoms with E-state index in [9.17, 15) is 18.0 Å². The van der Waals surface area contributed by atoms with Crippen molar-refractivity contribution in [3.8, 4) is 11.1 Å². The van der Waals surface area contributed by atoms with Crippen molar-refractivity contribution in [1.29, 1.82) is 0 Å². The van der Waals surface area contributed by atoms with Crippen LogP contribution in [0, 0.1) is 0 Å². The lowest BCUT2D eigenvalue weighted by Gasteiger charge is -2.07. The molecule has 7 heteroatoms. The number of primary amides is 1. The van der Waals surface area contributed by atoms with Crippen LogP contribution in [0.1, 0.15) is 27.3 Å². The van der Waals surface area contributed by atoms with Crippen molar-refractivity contribution in [3.05, 3.63) is 89.2 Å². The molecular weight excluding hydrogens is 379 g/mol. The van der Waals surface area contributed by atoms with Gasteiger partial charge in [-0.2, -0.15) is 13.2 Å². The fraction of sp³-hybridized carbons (Fsp3) is 0.0909. The van der Waals surface area contributed by atoms with Crippen molar-refractivity contribution >= 4 is 16.9 Å². The van der Waals surface area contributed by atoms with Crippen LogP contribution < -0.4 is 5.73 Å². The van der Waals surface area contributed by atoms with Gasteiger partial charge in [-0.25, -0.2) is 4.98 Å². The average Bonchev–Trinajstić information content (AvgIpc) is 3.09. The van der Waals surface area contributed by atoms with E-state index in [0.717, 1.165) is 28.8 Å². The summed E-state index contributed by atoms with van der Waals surface area (Å²) in [6, 6.07) is 18.1. The fourth-order valence-corrected chi connectivity index (χ4v) is 3.27. The monoisotopic (exact) mass is 395 g/mol. The molecule has 0 unspecified atom stereocenters. The first kappa shape index (κ1) is 18.7. The van der Waals surface area contributed by atoms with Crippen molar-refractivity contribution in [2.24, 2.45) is 5.73 Å². The fourth-order valence-electron chi connectivity index (χ4n) is 3.27. The van der Waals surface area contributed by atoms with E-state index in [1.165, 1.54) is 6.07 Å². The van der Waals surface area contributed by atoms with Gasteiger partial charge in [-0.05, 0) is 41.0 Å². The number of fused-ring (bicyclic) bond motifs is 1. The van der Waals surface area contributed by atoms with E-state index in [0.29, 0.717) is 28.8 Å². The molecule has 0 saturated heterocycles. The van der Waals surface area contributed by atoms with Crippen LogP contribution in [0.15, 0.2) is 66.7 Å². The molecule has 0 fully saturated rings. The van der Waals surface area contributed by atoms with E-state index in [4.69, 9.17) is 5.73 Å². The number of rotatable bonds is 4. The maximum Gasteiger partial charge on any atom is 0.416 e. The number of nitrogens with zero attached hydrogens (tertiary/aromatic N) is 1. The predicted octanol–water partition coefficient (Wildman–Crippen LogP) is 4.94. The van der Waals surface area contributed by atoms with Crippen LogP contribution in [0.3, 0.4) is 0 Å². The third kappa shape index (κ3) is 3.85. The number of alkyl halides is 3. The van der Waals surface area contributed by atoms with E-state index < -0.39 is 17.6 Å². The molecule has 0 radical (unpaired) electrons. The van der Waals surface area contributed by atoms with E-state index in [-0.39, 0.29) is 0 Å². The second kappa shape index (κ2) is 7.09. The van der Waals surface area contributed by atoms with Crippen LogP contribution in [0.25, 0.3) is 22.2 Å². The van der Waals surface area contributed by atoms with Crippen LogP contribution in [-0.2, 0) is 12.6 Å². The van der Waals surface area contributed by atoms with Crippen LogP contribution in [0.4, 0.5) is 13.2 Å². The number of hydrogen-bond donors (Lipinski definition) is 2. The molecule has 0 bridgehead atoms. The van der Waals surface area contributed by atoms with E-state index >= 15 is 0 Å². The molecular formula is C22H16F3N3O. The second-order valence-electron chi connectivity index (χ2n) is 6.70. The molecule has 3 N–H and O–H groups in total. The standard InChI is InChI=1S/C22H16F3N3O/c23-22(24,25)15-9-10-18-19(12-15)28-20(27-18)11-13-5-7-14(8-6-13)16-3-1-2-4-17(16)21(26)29/h1-10,12H,11H2,(H2,26,29)(H,27,28). The summed E-state index contributed by atoms with van der Waals surface area (Å²) in [5, 5.41) is 0. The molecule has 0 aliphatic carbocycles. The van der Waals surface area contributed by atoms with Crippen LogP contribution in [-0.4, -0.2) is 15.9 Å². The molecule has 0 atom stereocenters. The number of aromatic nitrogens is 2. The molecule has 3 aromatic carbocycles. The Balaban J connectivity index is 1.59. The van der Waals surface area contributed by atoms with Gasteiger partial charge in [0.25, 0.3) is 0 Å². The van der Waals surface area contributed by atoms with Gasteiger partial charge in [0.05, 0.1) is 16.6 Å². The zero-order valence-corrected chi connectivity index (χ0v) is 15.1. The zero-order chi connectivity index (χ0) is 20.6. The molecule has 146 valence electrons. The number of carbonyl (C=O) groups excluding carboxylic acids is 1. The Kier molecular flexibility index (Phi) is 4.58. The summed E-state index contributed by atoms with van der Waals surface area (Å²) < 4.78 is 38.6. The number of nitrogens with one attached hydrogen (secondary N) is 1.